The molecule has 1 atom stereocenters. The molecule has 6 heteroatoms. The van der Waals surface area contributed by atoms with E-state index >= 15 is 0 Å². The number of ether oxygens (including phenoxy) is 1. The molecule has 0 aromatic carbocycles. The minimum absolute atomic E-state index is 0.0813. The van der Waals surface area contributed by atoms with Crippen LogP contribution >= 0.6 is 0 Å². The van der Waals surface area contributed by atoms with Gasteiger partial charge in [-0.1, -0.05) is 13.0 Å². The van der Waals surface area contributed by atoms with Crippen LogP contribution in [0.15, 0.2) is 25.0 Å². The van der Waals surface area contributed by atoms with Gasteiger partial charge in [0.15, 0.2) is 0 Å². The average molecular weight is 264 g/mol. The smallest absolute Gasteiger partial charge is 0.320 e. The van der Waals surface area contributed by atoms with Crippen LogP contribution in [0.1, 0.15) is 25.5 Å². The van der Waals surface area contributed by atoms with Gasteiger partial charge in [0.2, 0.25) is 0 Å². The zero-order valence-electron chi connectivity index (χ0n) is 11.3. The number of hydrogen-bond acceptors (Lipinski definition) is 4. The number of hydrogen-bond donors (Lipinski definition) is 2. The summed E-state index contributed by atoms with van der Waals surface area (Å²) in [5, 5.41) is 5.53. The first-order valence-corrected chi connectivity index (χ1v) is 6.17. The first-order valence-electron chi connectivity index (χ1n) is 6.17. The van der Waals surface area contributed by atoms with Crippen molar-refractivity contribution >= 4 is 11.8 Å². The zero-order valence-corrected chi connectivity index (χ0v) is 11.3. The highest BCUT2D eigenvalue weighted by Gasteiger charge is 2.09. The fourth-order valence-electron chi connectivity index (χ4n) is 1.56. The number of aromatic nitrogens is 2. The molecule has 1 unspecified atom stereocenters. The molecule has 0 bridgehead atoms. The third-order valence-corrected chi connectivity index (χ3v) is 2.54. The van der Waals surface area contributed by atoms with E-state index < -0.39 is 0 Å². The predicted octanol–water partition coefficient (Wildman–Crippen LogP) is 2.10. The van der Waals surface area contributed by atoms with Crippen LogP contribution in [0.3, 0.4) is 0 Å². The standard InChI is InChI=1S/C13H20N4O2/c1-4-6-10(5-2)16-13(18)17-12-7-11(8-19-3)14-9-15-12/h4,7,9-10H,1,5-6,8H2,2-3H3,(H2,14,15,16,17,18). The van der Waals surface area contributed by atoms with Crippen molar-refractivity contribution < 1.29 is 9.53 Å². The van der Waals surface area contributed by atoms with Crippen molar-refractivity contribution in [3.05, 3.63) is 30.7 Å². The maximum atomic E-state index is 11.8. The molecule has 19 heavy (non-hydrogen) atoms. The van der Waals surface area contributed by atoms with Crippen molar-refractivity contribution in [3.63, 3.8) is 0 Å². The third kappa shape index (κ3) is 5.48. The van der Waals surface area contributed by atoms with Gasteiger partial charge in [-0.05, 0) is 12.8 Å². The number of methoxy groups -OCH3 is 1. The fraction of sp³-hybridized carbons (Fsp3) is 0.462. The molecule has 0 fully saturated rings. The largest absolute Gasteiger partial charge is 0.378 e. The van der Waals surface area contributed by atoms with Crippen LogP contribution in [-0.4, -0.2) is 29.2 Å². The second kappa shape index (κ2) is 8.20. The van der Waals surface area contributed by atoms with Crippen molar-refractivity contribution in [3.8, 4) is 0 Å². The van der Waals surface area contributed by atoms with Crippen molar-refractivity contribution in [2.45, 2.75) is 32.4 Å². The van der Waals surface area contributed by atoms with Gasteiger partial charge in [-0.2, -0.15) is 0 Å². The molecule has 0 aliphatic carbocycles. The van der Waals surface area contributed by atoms with Gasteiger partial charge >= 0.3 is 6.03 Å². The van der Waals surface area contributed by atoms with Gasteiger partial charge in [-0.25, -0.2) is 14.8 Å². The van der Waals surface area contributed by atoms with Crippen LogP contribution in [0.5, 0.6) is 0 Å². The molecular formula is C13H20N4O2. The van der Waals surface area contributed by atoms with Gasteiger partial charge in [0, 0.05) is 19.2 Å². The molecule has 1 aromatic heterocycles. The molecular weight excluding hydrogens is 244 g/mol. The summed E-state index contributed by atoms with van der Waals surface area (Å²) in [6.45, 7) is 6.06. The van der Waals surface area contributed by atoms with Gasteiger partial charge in [0.1, 0.15) is 12.1 Å². The van der Waals surface area contributed by atoms with Crippen LogP contribution < -0.4 is 10.6 Å². The molecule has 0 radical (unpaired) electrons. The van der Waals surface area contributed by atoms with Gasteiger partial charge in [-0.15, -0.1) is 6.58 Å². The van der Waals surface area contributed by atoms with Crippen molar-refractivity contribution in [2.75, 3.05) is 12.4 Å². The summed E-state index contributed by atoms with van der Waals surface area (Å²) < 4.78 is 4.97. The zero-order chi connectivity index (χ0) is 14.1. The predicted molar refractivity (Wildman–Crippen MR) is 73.8 cm³/mol. The number of urea groups is 1. The topological polar surface area (TPSA) is 76.1 Å². The minimum Gasteiger partial charge on any atom is -0.378 e. The van der Waals surface area contributed by atoms with Crippen molar-refractivity contribution in [2.24, 2.45) is 0 Å². The van der Waals surface area contributed by atoms with Crippen molar-refractivity contribution in [1.29, 1.82) is 0 Å². The lowest BCUT2D eigenvalue weighted by molar-refractivity contribution is 0.181. The van der Waals surface area contributed by atoms with Gasteiger partial charge in [0.25, 0.3) is 0 Å². The maximum Gasteiger partial charge on any atom is 0.320 e. The molecule has 0 spiro atoms. The Morgan fingerprint density at radius 3 is 3.00 bits per heavy atom. The molecule has 2 amide bonds. The molecule has 1 heterocycles. The normalized spacial score (nSPS) is 11.7. The third-order valence-electron chi connectivity index (χ3n) is 2.54. The lowest BCUT2D eigenvalue weighted by Crippen LogP contribution is -2.37. The van der Waals surface area contributed by atoms with E-state index in [0.717, 1.165) is 12.8 Å². The summed E-state index contributed by atoms with van der Waals surface area (Å²) in [5.41, 5.74) is 0.714. The fourth-order valence-corrected chi connectivity index (χ4v) is 1.56. The molecule has 0 saturated carbocycles. The van der Waals surface area contributed by atoms with E-state index in [2.05, 4.69) is 27.2 Å². The van der Waals surface area contributed by atoms with Crippen LogP contribution in [0, 0.1) is 0 Å². The summed E-state index contributed by atoms with van der Waals surface area (Å²) in [4.78, 5) is 19.8. The SMILES string of the molecule is C=CCC(CC)NC(=O)Nc1cc(COC)ncn1. The molecule has 0 saturated heterocycles. The van der Waals surface area contributed by atoms with E-state index in [0.29, 0.717) is 18.1 Å². The molecule has 0 aliphatic heterocycles. The highest BCUT2D eigenvalue weighted by atomic mass is 16.5. The van der Waals surface area contributed by atoms with E-state index in [4.69, 9.17) is 4.74 Å². The highest BCUT2D eigenvalue weighted by molar-refractivity contribution is 5.88. The number of carbonyl (C=O) groups is 1. The second-order valence-corrected chi connectivity index (χ2v) is 4.06. The number of amides is 2. The summed E-state index contributed by atoms with van der Waals surface area (Å²) in [7, 11) is 1.59. The highest BCUT2D eigenvalue weighted by Crippen LogP contribution is 2.05. The van der Waals surface area contributed by atoms with Crippen LogP contribution in [0.4, 0.5) is 10.6 Å². The summed E-state index contributed by atoms with van der Waals surface area (Å²) in [6.07, 6.45) is 4.77. The monoisotopic (exact) mass is 264 g/mol. The summed E-state index contributed by atoms with van der Waals surface area (Å²) >= 11 is 0. The number of nitrogens with zero attached hydrogens (tertiary/aromatic N) is 2. The second-order valence-electron chi connectivity index (χ2n) is 4.06. The number of carbonyl (C=O) groups excluding carboxylic acids is 1. The van der Waals surface area contributed by atoms with Crippen LogP contribution in [0.25, 0.3) is 0 Å². The van der Waals surface area contributed by atoms with Gasteiger partial charge < -0.3 is 10.1 Å². The Morgan fingerprint density at radius 2 is 2.37 bits per heavy atom. The Kier molecular flexibility index (Phi) is 6.52. The summed E-state index contributed by atoms with van der Waals surface area (Å²) in [5.74, 6) is 0.452. The Morgan fingerprint density at radius 1 is 1.58 bits per heavy atom. The Labute approximate surface area is 113 Å². The Bertz CT molecular complexity index is 423. The van der Waals surface area contributed by atoms with Gasteiger partial charge in [-0.3, -0.25) is 5.32 Å². The summed E-state index contributed by atoms with van der Waals surface area (Å²) in [6, 6.07) is 1.48. The maximum absolute atomic E-state index is 11.8. The molecule has 1 rings (SSSR count). The number of rotatable bonds is 7. The lowest BCUT2D eigenvalue weighted by Gasteiger charge is -2.15. The first kappa shape index (κ1) is 15.1. The Balaban J connectivity index is 2.55. The van der Waals surface area contributed by atoms with E-state index in [1.165, 1.54) is 6.33 Å². The van der Waals surface area contributed by atoms with Crippen LogP contribution in [0.2, 0.25) is 0 Å². The average Bonchev–Trinajstić information content (AvgIpc) is 2.39. The van der Waals surface area contributed by atoms with Gasteiger partial charge in [0.05, 0.1) is 12.3 Å². The molecule has 6 nitrogen and oxygen atoms in total. The molecule has 104 valence electrons. The minimum atomic E-state index is -0.282. The molecule has 1 aromatic rings. The first-order chi connectivity index (χ1) is 9.19. The quantitative estimate of drug-likeness (QED) is 0.739. The van der Waals surface area contributed by atoms with E-state index in [9.17, 15) is 4.79 Å². The van der Waals surface area contributed by atoms with Crippen LogP contribution in [-0.2, 0) is 11.3 Å². The van der Waals surface area contributed by atoms with E-state index in [-0.39, 0.29) is 12.1 Å². The molecule has 0 aliphatic rings. The lowest BCUT2D eigenvalue weighted by atomic mass is 10.1. The van der Waals surface area contributed by atoms with Crippen molar-refractivity contribution in [1.82, 2.24) is 15.3 Å². The van der Waals surface area contributed by atoms with E-state index in [1.807, 2.05) is 6.92 Å². The number of nitrogens with one attached hydrogen (secondary N) is 2. The molecule has 2 N–H and O–H groups in total. The Hall–Kier alpha value is -1.95. The van der Waals surface area contributed by atoms with E-state index in [1.54, 1.807) is 19.3 Å². The number of anilines is 1.